The standard InChI is InChI=1S/C20H21N3O5S/c1-3-26-15-8-13-7-12(2)27-16(13)9-14(15)10-21-18(24)11-23-20(25)28-19(22-23)17-5-4-6-29-17/h4-6,8-9,12H,3,7,10-11H2,1-2H3,(H,21,24)/t12-/m1/s1. The Morgan fingerprint density at radius 2 is 2.31 bits per heavy atom. The molecule has 29 heavy (non-hydrogen) atoms. The summed E-state index contributed by atoms with van der Waals surface area (Å²) in [6.45, 7) is 4.48. The molecule has 8 nitrogen and oxygen atoms in total. The number of rotatable bonds is 7. The van der Waals surface area contributed by atoms with Crippen LogP contribution < -0.4 is 20.5 Å². The maximum atomic E-state index is 12.4. The second-order valence-corrected chi connectivity index (χ2v) is 7.67. The molecule has 0 saturated carbocycles. The van der Waals surface area contributed by atoms with E-state index in [4.69, 9.17) is 13.9 Å². The van der Waals surface area contributed by atoms with Crippen molar-refractivity contribution in [3.05, 3.63) is 51.3 Å². The van der Waals surface area contributed by atoms with E-state index in [0.29, 0.717) is 6.61 Å². The number of nitrogens with one attached hydrogen (secondary N) is 1. The summed E-state index contributed by atoms with van der Waals surface area (Å²) >= 11 is 1.41. The monoisotopic (exact) mass is 415 g/mol. The van der Waals surface area contributed by atoms with Gasteiger partial charge in [-0.1, -0.05) is 6.07 Å². The van der Waals surface area contributed by atoms with Crippen LogP contribution in [-0.2, 0) is 24.3 Å². The topological polar surface area (TPSA) is 95.6 Å². The first-order valence-electron chi connectivity index (χ1n) is 9.37. The Morgan fingerprint density at radius 1 is 1.45 bits per heavy atom. The fraction of sp³-hybridized carbons (Fsp3) is 0.350. The Labute approximate surface area is 171 Å². The van der Waals surface area contributed by atoms with Gasteiger partial charge in [0.05, 0.1) is 11.5 Å². The van der Waals surface area contributed by atoms with Crippen LogP contribution in [0.15, 0.2) is 38.9 Å². The molecular formula is C20H21N3O5S. The molecule has 1 aliphatic heterocycles. The molecular weight excluding hydrogens is 394 g/mol. The van der Waals surface area contributed by atoms with Gasteiger partial charge in [0.2, 0.25) is 5.91 Å². The fourth-order valence-corrected chi connectivity index (χ4v) is 3.85. The molecule has 0 aliphatic carbocycles. The quantitative estimate of drug-likeness (QED) is 0.637. The zero-order valence-electron chi connectivity index (χ0n) is 16.1. The highest BCUT2D eigenvalue weighted by atomic mass is 32.1. The van der Waals surface area contributed by atoms with Crippen molar-refractivity contribution >= 4 is 17.2 Å². The van der Waals surface area contributed by atoms with E-state index in [1.807, 2.05) is 37.4 Å². The molecule has 3 heterocycles. The normalized spacial score (nSPS) is 15.0. The van der Waals surface area contributed by atoms with Gasteiger partial charge in [0.15, 0.2) is 0 Å². The number of benzene rings is 1. The summed E-state index contributed by atoms with van der Waals surface area (Å²) in [5, 5.41) is 8.76. The minimum absolute atomic E-state index is 0.126. The Kier molecular flexibility index (Phi) is 5.39. The summed E-state index contributed by atoms with van der Waals surface area (Å²) in [5.74, 6) is 0.733. The van der Waals surface area contributed by atoms with Gasteiger partial charge in [-0.05, 0) is 37.4 Å². The number of carbonyl (C=O) groups is 1. The molecule has 0 radical (unpaired) electrons. The highest BCUT2D eigenvalue weighted by Gasteiger charge is 2.22. The first-order chi connectivity index (χ1) is 14.0. The second kappa shape index (κ2) is 8.12. The molecule has 0 saturated heterocycles. The molecule has 0 fully saturated rings. The van der Waals surface area contributed by atoms with Crippen LogP contribution in [-0.4, -0.2) is 28.4 Å². The predicted octanol–water partition coefficient (Wildman–Crippen LogP) is 2.60. The van der Waals surface area contributed by atoms with Gasteiger partial charge in [-0.15, -0.1) is 16.4 Å². The van der Waals surface area contributed by atoms with Crippen molar-refractivity contribution < 1.29 is 18.7 Å². The van der Waals surface area contributed by atoms with Gasteiger partial charge in [-0.25, -0.2) is 4.79 Å². The molecule has 1 aliphatic rings. The zero-order chi connectivity index (χ0) is 20.4. The van der Waals surface area contributed by atoms with Gasteiger partial charge in [0.1, 0.15) is 24.1 Å². The maximum Gasteiger partial charge on any atom is 0.437 e. The molecule has 3 aromatic rings. The van der Waals surface area contributed by atoms with E-state index >= 15 is 0 Å². The average molecular weight is 415 g/mol. The number of amides is 1. The first-order valence-corrected chi connectivity index (χ1v) is 10.2. The van der Waals surface area contributed by atoms with Crippen molar-refractivity contribution in [1.82, 2.24) is 15.1 Å². The third-order valence-corrected chi connectivity index (χ3v) is 5.34. The summed E-state index contributed by atoms with van der Waals surface area (Å²) in [5.41, 5.74) is 1.92. The van der Waals surface area contributed by atoms with Gasteiger partial charge < -0.3 is 19.2 Å². The summed E-state index contributed by atoms with van der Waals surface area (Å²) in [6, 6.07) is 7.51. The third kappa shape index (κ3) is 4.19. The van der Waals surface area contributed by atoms with Crippen molar-refractivity contribution in [2.75, 3.05) is 6.61 Å². The van der Waals surface area contributed by atoms with E-state index < -0.39 is 5.76 Å². The minimum Gasteiger partial charge on any atom is -0.494 e. The number of nitrogens with zero attached hydrogens (tertiary/aromatic N) is 2. The predicted molar refractivity (Wildman–Crippen MR) is 107 cm³/mol. The summed E-state index contributed by atoms with van der Waals surface area (Å²) in [7, 11) is 0. The van der Waals surface area contributed by atoms with Crippen molar-refractivity contribution in [3.63, 3.8) is 0 Å². The number of aromatic nitrogens is 2. The van der Waals surface area contributed by atoms with E-state index in [1.165, 1.54) is 11.3 Å². The fourth-order valence-electron chi connectivity index (χ4n) is 3.20. The van der Waals surface area contributed by atoms with Crippen LogP contribution in [0.1, 0.15) is 25.0 Å². The Hall–Kier alpha value is -3.07. The lowest BCUT2D eigenvalue weighted by Gasteiger charge is -2.13. The smallest absolute Gasteiger partial charge is 0.437 e. The molecule has 2 aromatic heterocycles. The second-order valence-electron chi connectivity index (χ2n) is 6.72. The molecule has 1 amide bonds. The lowest BCUT2D eigenvalue weighted by molar-refractivity contribution is -0.122. The molecule has 1 atom stereocenters. The Morgan fingerprint density at radius 3 is 3.07 bits per heavy atom. The third-order valence-electron chi connectivity index (χ3n) is 4.49. The molecule has 0 unspecified atom stereocenters. The molecule has 0 bridgehead atoms. The molecule has 4 rings (SSSR count). The van der Waals surface area contributed by atoms with E-state index in [-0.39, 0.29) is 31.0 Å². The first kappa shape index (κ1) is 19.3. The summed E-state index contributed by atoms with van der Waals surface area (Å²) < 4.78 is 17.7. The van der Waals surface area contributed by atoms with Crippen LogP contribution >= 0.6 is 11.3 Å². The van der Waals surface area contributed by atoms with Crippen LogP contribution in [0.5, 0.6) is 11.5 Å². The minimum atomic E-state index is -0.668. The Bertz CT molecular complexity index is 1070. The molecule has 152 valence electrons. The molecule has 1 N–H and O–H groups in total. The molecule has 9 heteroatoms. The Balaban J connectivity index is 1.44. The summed E-state index contributed by atoms with van der Waals surface area (Å²) in [4.78, 5) is 25.1. The van der Waals surface area contributed by atoms with E-state index in [2.05, 4.69) is 10.4 Å². The average Bonchev–Trinajstić information content (AvgIpc) is 3.40. The van der Waals surface area contributed by atoms with Gasteiger partial charge in [-0.2, -0.15) is 4.68 Å². The SMILES string of the molecule is CCOc1cc2c(cc1CNC(=O)Cn1nc(-c3cccs3)oc1=O)O[C@H](C)C2. The van der Waals surface area contributed by atoms with E-state index in [1.54, 1.807) is 6.07 Å². The van der Waals surface area contributed by atoms with Gasteiger partial charge in [0, 0.05) is 24.1 Å². The highest BCUT2D eigenvalue weighted by molar-refractivity contribution is 7.13. The summed E-state index contributed by atoms with van der Waals surface area (Å²) in [6.07, 6.45) is 0.963. The van der Waals surface area contributed by atoms with Crippen LogP contribution in [0, 0.1) is 0 Å². The lowest BCUT2D eigenvalue weighted by Crippen LogP contribution is -2.31. The maximum absolute atomic E-state index is 12.4. The van der Waals surface area contributed by atoms with E-state index in [0.717, 1.165) is 38.6 Å². The number of hydrogen-bond acceptors (Lipinski definition) is 7. The van der Waals surface area contributed by atoms with Crippen LogP contribution in [0.2, 0.25) is 0 Å². The number of fused-ring (bicyclic) bond motifs is 1. The van der Waals surface area contributed by atoms with Crippen molar-refractivity contribution in [1.29, 1.82) is 0 Å². The van der Waals surface area contributed by atoms with E-state index in [9.17, 15) is 9.59 Å². The lowest BCUT2D eigenvalue weighted by atomic mass is 10.1. The van der Waals surface area contributed by atoms with Crippen LogP contribution in [0.3, 0.4) is 0 Å². The largest absolute Gasteiger partial charge is 0.494 e. The van der Waals surface area contributed by atoms with Crippen LogP contribution in [0.25, 0.3) is 10.8 Å². The van der Waals surface area contributed by atoms with Crippen molar-refractivity contribution in [2.45, 2.75) is 39.5 Å². The van der Waals surface area contributed by atoms with Gasteiger partial charge in [0.25, 0.3) is 5.89 Å². The zero-order valence-corrected chi connectivity index (χ0v) is 17.0. The van der Waals surface area contributed by atoms with Gasteiger partial charge in [-0.3, -0.25) is 4.79 Å². The molecule has 1 aromatic carbocycles. The van der Waals surface area contributed by atoms with Crippen molar-refractivity contribution in [2.24, 2.45) is 0 Å². The number of carbonyl (C=O) groups excluding carboxylic acids is 1. The van der Waals surface area contributed by atoms with Crippen molar-refractivity contribution in [3.8, 4) is 22.3 Å². The number of hydrogen-bond donors (Lipinski definition) is 1. The molecule has 0 spiro atoms. The van der Waals surface area contributed by atoms with Gasteiger partial charge >= 0.3 is 5.76 Å². The number of thiophene rings is 1. The number of ether oxygens (including phenoxy) is 2. The van der Waals surface area contributed by atoms with Crippen LogP contribution in [0.4, 0.5) is 0 Å². The highest BCUT2D eigenvalue weighted by Crippen LogP contribution is 2.35.